The number of anilines is 3. The number of amides is 2. The standard InChI is InChI=1S/C33H34F3N5O5.C3H6O.2C2H6/c1-37-20-10-13-41(14-11-20)27-8-7-22(16-25(27)33(34,35)36)40-32(43)19-31(42)39-21-5-4-6-23(15-21)46-28-9-12-38-26-18-30(45-3)29(44-2)17-24(26)28;1-2-3-4;2*1-2/h4-9,12,15-18,20,37H,10-11,13-14,19H2,1-3H3,(H,39,42)(H,40,43);3H,2H2,1H3;2*1-2H3. The zero-order valence-corrected chi connectivity index (χ0v) is 32.2. The summed E-state index contributed by atoms with van der Waals surface area (Å²) in [6, 6.07) is 15.7. The molecule has 2 amide bonds. The molecule has 1 aromatic heterocycles. The maximum atomic E-state index is 14.0. The molecule has 294 valence electrons. The number of ether oxygens (including phenoxy) is 3. The van der Waals surface area contributed by atoms with E-state index in [2.05, 4.69) is 20.9 Å². The van der Waals surface area contributed by atoms with Crippen molar-refractivity contribution in [1.82, 2.24) is 10.3 Å². The Hall–Kier alpha value is -5.37. The van der Waals surface area contributed by atoms with Crippen molar-refractivity contribution in [3.05, 3.63) is 72.4 Å². The van der Waals surface area contributed by atoms with Crippen molar-refractivity contribution in [3.8, 4) is 23.0 Å². The van der Waals surface area contributed by atoms with Gasteiger partial charge in [-0.25, -0.2) is 0 Å². The quantitative estimate of drug-likeness (QED) is 0.102. The number of methoxy groups -OCH3 is 2. The van der Waals surface area contributed by atoms with E-state index in [0.717, 1.165) is 25.2 Å². The third kappa shape index (κ3) is 12.9. The fourth-order valence-corrected chi connectivity index (χ4v) is 5.38. The molecule has 0 unspecified atom stereocenters. The highest BCUT2D eigenvalue weighted by Crippen LogP contribution is 2.40. The zero-order chi connectivity index (χ0) is 40.3. The van der Waals surface area contributed by atoms with E-state index in [1.807, 2.05) is 41.7 Å². The largest absolute Gasteiger partial charge is 0.493 e. The first-order valence-corrected chi connectivity index (χ1v) is 17.9. The Bertz CT molecular complexity index is 1800. The highest BCUT2D eigenvalue weighted by atomic mass is 19.4. The van der Waals surface area contributed by atoms with E-state index in [1.165, 1.54) is 26.4 Å². The van der Waals surface area contributed by atoms with E-state index in [9.17, 15) is 27.6 Å². The van der Waals surface area contributed by atoms with Crippen molar-refractivity contribution >= 4 is 46.1 Å². The lowest BCUT2D eigenvalue weighted by atomic mass is 10.0. The number of carbonyl (C=O) groups is 3. The van der Waals surface area contributed by atoms with Crippen molar-refractivity contribution < 1.29 is 41.8 Å². The minimum atomic E-state index is -4.62. The van der Waals surface area contributed by atoms with Crippen LogP contribution in [0.15, 0.2) is 66.9 Å². The number of benzene rings is 3. The van der Waals surface area contributed by atoms with Gasteiger partial charge in [-0.15, -0.1) is 0 Å². The van der Waals surface area contributed by atoms with Crippen molar-refractivity contribution in [1.29, 1.82) is 0 Å². The van der Waals surface area contributed by atoms with Gasteiger partial charge in [0.1, 0.15) is 24.2 Å². The Morgan fingerprint density at radius 1 is 0.870 bits per heavy atom. The highest BCUT2D eigenvalue weighted by molar-refractivity contribution is 6.08. The first kappa shape index (κ1) is 44.8. The van der Waals surface area contributed by atoms with Crippen LogP contribution in [0.25, 0.3) is 10.9 Å². The summed E-state index contributed by atoms with van der Waals surface area (Å²) in [5.41, 5.74) is 0.163. The Kier molecular flexibility index (Phi) is 18.8. The number of carbonyl (C=O) groups excluding carboxylic acids is 3. The van der Waals surface area contributed by atoms with Crippen LogP contribution < -0.4 is 35.1 Å². The fraction of sp³-hybridized carbons (Fsp3) is 0.400. The summed E-state index contributed by atoms with van der Waals surface area (Å²) in [5, 5.41) is 8.88. The van der Waals surface area contributed by atoms with Crippen molar-refractivity contribution in [2.24, 2.45) is 0 Å². The number of aromatic nitrogens is 1. The molecule has 0 bridgehead atoms. The summed E-state index contributed by atoms with van der Waals surface area (Å²) < 4.78 is 58.8. The van der Waals surface area contributed by atoms with Gasteiger partial charge in [-0.1, -0.05) is 40.7 Å². The number of piperidine rings is 1. The normalized spacial score (nSPS) is 12.4. The molecular weight excluding hydrogens is 703 g/mol. The number of halogens is 3. The molecule has 1 fully saturated rings. The van der Waals surface area contributed by atoms with Crippen LogP contribution in [0.1, 0.15) is 65.9 Å². The number of rotatable bonds is 11. The lowest BCUT2D eigenvalue weighted by Crippen LogP contribution is -2.41. The van der Waals surface area contributed by atoms with Gasteiger partial charge in [0, 0.05) is 66.3 Å². The van der Waals surface area contributed by atoms with Crippen LogP contribution >= 0.6 is 0 Å². The van der Waals surface area contributed by atoms with Gasteiger partial charge >= 0.3 is 6.18 Å². The van der Waals surface area contributed by atoms with Crippen LogP contribution in [-0.2, 0) is 20.6 Å². The molecule has 1 aliphatic rings. The average Bonchev–Trinajstić information content (AvgIpc) is 3.18. The predicted molar refractivity (Wildman–Crippen MR) is 208 cm³/mol. The van der Waals surface area contributed by atoms with E-state index >= 15 is 0 Å². The second-order valence-corrected chi connectivity index (χ2v) is 11.3. The lowest BCUT2D eigenvalue weighted by Gasteiger charge is -2.35. The molecule has 0 radical (unpaired) electrons. The summed E-state index contributed by atoms with van der Waals surface area (Å²) >= 11 is 0. The summed E-state index contributed by atoms with van der Waals surface area (Å²) in [6.07, 6.45) is -0.680. The monoisotopic (exact) mass is 755 g/mol. The van der Waals surface area contributed by atoms with Gasteiger partial charge in [0.15, 0.2) is 11.5 Å². The Morgan fingerprint density at radius 2 is 1.46 bits per heavy atom. The van der Waals surface area contributed by atoms with Gasteiger partial charge in [0.25, 0.3) is 0 Å². The van der Waals surface area contributed by atoms with E-state index in [0.29, 0.717) is 59.1 Å². The van der Waals surface area contributed by atoms with Crippen LogP contribution in [-0.4, -0.2) is 63.5 Å². The molecule has 2 heterocycles. The molecule has 14 heteroatoms. The van der Waals surface area contributed by atoms with E-state index in [1.54, 1.807) is 53.6 Å². The molecule has 11 nitrogen and oxygen atoms in total. The van der Waals surface area contributed by atoms with Gasteiger partial charge in [-0.2, -0.15) is 13.2 Å². The van der Waals surface area contributed by atoms with Gasteiger partial charge in [-0.3, -0.25) is 14.6 Å². The Labute approximate surface area is 315 Å². The maximum Gasteiger partial charge on any atom is 0.418 e. The first-order chi connectivity index (χ1) is 26.0. The number of nitrogens with zero attached hydrogens (tertiary/aromatic N) is 2. The molecule has 0 saturated carbocycles. The molecule has 0 spiro atoms. The van der Waals surface area contributed by atoms with Gasteiger partial charge in [-0.05, 0) is 62.4 Å². The molecule has 0 aliphatic carbocycles. The average molecular weight is 756 g/mol. The van der Waals surface area contributed by atoms with Crippen LogP contribution in [0, 0.1) is 0 Å². The molecule has 5 rings (SSSR count). The summed E-state index contributed by atoms with van der Waals surface area (Å²) in [6.45, 7) is 10.8. The third-order valence-electron chi connectivity index (χ3n) is 7.87. The number of hydrogen-bond donors (Lipinski definition) is 3. The van der Waals surface area contributed by atoms with E-state index in [4.69, 9.17) is 14.2 Å². The van der Waals surface area contributed by atoms with Gasteiger partial charge in [0.05, 0.1) is 25.3 Å². The second-order valence-electron chi connectivity index (χ2n) is 11.3. The Balaban J connectivity index is 0.00000116. The fourth-order valence-electron chi connectivity index (χ4n) is 5.38. The first-order valence-electron chi connectivity index (χ1n) is 17.9. The summed E-state index contributed by atoms with van der Waals surface area (Å²) in [7, 11) is 4.90. The van der Waals surface area contributed by atoms with Crippen LogP contribution in [0.5, 0.6) is 23.0 Å². The van der Waals surface area contributed by atoms with Gasteiger partial charge < -0.3 is 39.9 Å². The number of pyridine rings is 1. The number of fused-ring (bicyclic) bond motifs is 1. The minimum absolute atomic E-state index is 0.0480. The SMILES string of the molecule is CC.CC.CCC=O.CNC1CCN(c2ccc(NC(=O)CC(=O)Nc3cccc(Oc4ccnc5cc(OC)c(OC)cc45)c3)cc2C(F)(F)F)CC1. The second kappa shape index (κ2) is 22.6. The smallest absolute Gasteiger partial charge is 0.418 e. The number of nitrogens with one attached hydrogen (secondary N) is 3. The predicted octanol–water partition coefficient (Wildman–Crippen LogP) is 8.87. The Morgan fingerprint density at radius 3 is 2.02 bits per heavy atom. The third-order valence-corrected chi connectivity index (χ3v) is 7.87. The van der Waals surface area contributed by atoms with Crippen molar-refractivity contribution in [2.45, 2.75) is 72.5 Å². The number of alkyl halides is 3. The zero-order valence-electron chi connectivity index (χ0n) is 32.2. The van der Waals surface area contributed by atoms with Crippen LogP contribution in [0.4, 0.5) is 30.2 Å². The van der Waals surface area contributed by atoms with E-state index < -0.39 is 30.0 Å². The molecule has 0 atom stereocenters. The lowest BCUT2D eigenvalue weighted by molar-refractivity contribution is -0.137. The number of hydrogen-bond acceptors (Lipinski definition) is 9. The van der Waals surface area contributed by atoms with Crippen molar-refractivity contribution in [3.63, 3.8) is 0 Å². The minimum Gasteiger partial charge on any atom is -0.493 e. The maximum absolute atomic E-state index is 14.0. The molecule has 54 heavy (non-hydrogen) atoms. The van der Waals surface area contributed by atoms with Gasteiger partial charge in [0.2, 0.25) is 11.8 Å². The topological polar surface area (TPSA) is 131 Å². The van der Waals surface area contributed by atoms with E-state index in [-0.39, 0.29) is 17.4 Å². The van der Waals surface area contributed by atoms with Crippen molar-refractivity contribution in [2.75, 3.05) is 49.9 Å². The highest BCUT2D eigenvalue weighted by Gasteiger charge is 2.36. The summed E-state index contributed by atoms with van der Waals surface area (Å²) in [5.74, 6) is 0.503. The van der Waals surface area contributed by atoms with Crippen LogP contribution in [0.3, 0.4) is 0 Å². The summed E-state index contributed by atoms with van der Waals surface area (Å²) in [4.78, 5) is 40.6. The molecule has 1 saturated heterocycles. The number of aldehydes is 1. The molecule has 3 N–H and O–H groups in total. The molecule has 1 aliphatic heterocycles. The van der Waals surface area contributed by atoms with Crippen LogP contribution in [0.2, 0.25) is 0 Å². The molecule has 3 aromatic carbocycles. The molecular formula is C40H52F3N5O6. The molecule has 4 aromatic rings.